The number of benzene rings is 1. The summed E-state index contributed by atoms with van der Waals surface area (Å²) in [5.41, 5.74) is 3.35. The normalized spacial score (nSPS) is 10.4. The summed E-state index contributed by atoms with van der Waals surface area (Å²) < 4.78 is 12.0. The third-order valence-electron chi connectivity index (χ3n) is 2.89. The molecular weight excluding hydrogens is 306 g/mol. The van der Waals surface area contributed by atoms with Crippen LogP contribution in [0.15, 0.2) is 41.2 Å². The fraction of sp³-hybridized carbons (Fsp3) is 0.0769. The highest BCUT2D eigenvalue weighted by Crippen LogP contribution is 2.29. The van der Waals surface area contributed by atoms with E-state index in [2.05, 4.69) is 20.8 Å². The second-order valence-corrected chi connectivity index (χ2v) is 4.64. The molecule has 8 nitrogen and oxygen atoms in total. The van der Waals surface area contributed by atoms with Crippen molar-refractivity contribution < 1.29 is 14.1 Å². The number of nitrogens with one attached hydrogen (secondary N) is 2. The van der Waals surface area contributed by atoms with Crippen LogP contribution in [0.25, 0.3) is 11.3 Å². The van der Waals surface area contributed by atoms with Crippen LogP contribution in [-0.4, -0.2) is 33.0 Å². The van der Waals surface area contributed by atoms with E-state index < -0.39 is 5.91 Å². The van der Waals surface area contributed by atoms with Crippen molar-refractivity contribution in [1.29, 1.82) is 0 Å². The van der Waals surface area contributed by atoms with Gasteiger partial charge in [0.1, 0.15) is 12.1 Å². The first kappa shape index (κ1) is 14.0. The van der Waals surface area contributed by atoms with E-state index in [4.69, 9.17) is 21.5 Å². The standard InChI is InChI=1S/C13H11N5O3S/c1-20-10-5-3-2-4-8(10)11-6-9(17-21-11)12(19)16-18-7-14-15-13(18)22/h2-7H,1H3,(H,15,22)(H,16,19). The van der Waals surface area contributed by atoms with Gasteiger partial charge in [-0.05, 0) is 24.4 Å². The first-order chi connectivity index (χ1) is 10.7. The predicted molar refractivity (Wildman–Crippen MR) is 79.6 cm³/mol. The summed E-state index contributed by atoms with van der Waals surface area (Å²) in [6, 6.07) is 8.81. The fourth-order valence-electron chi connectivity index (χ4n) is 1.85. The number of hydrogen-bond donors (Lipinski definition) is 2. The number of methoxy groups -OCH3 is 1. The summed E-state index contributed by atoms with van der Waals surface area (Å²) in [5, 5.41) is 9.98. The molecule has 0 aliphatic carbocycles. The van der Waals surface area contributed by atoms with E-state index >= 15 is 0 Å². The number of aromatic nitrogens is 4. The maximum atomic E-state index is 12.1. The molecule has 0 atom stereocenters. The highest BCUT2D eigenvalue weighted by atomic mass is 32.1. The Labute approximate surface area is 129 Å². The summed E-state index contributed by atoms with van der Waals surface area (Å²) in [5.74, 6) is 0.587. The molecule has 0 bridgehead atoms. The largest absolute Gasteiger partial charge is 0.496 e. The van der Waals surface area contributed by atoms with Gasteiger partial charge in [-0.3, -0.25) is 15.3 Å². The van der Waals surface area contributed by atoms with E-state index in [1.807, 2.05) is 18.2 Å². The van der Waals surface area contributed by atoms with Crippen LogP contribution in [0, 0.1) is 4.77 Å². The van der Waals surface area contributed by atoms with Crippen molar-refractivity contribution in [1.82, 2.24) is 20.0 Å². The van der Waals surface area contributed by atoms with Crippen molar-refractivity contribution in [3.05, 3.63) is 47.1 Å². The van der Waals surface area contributed by atoms with Crippen molar-refractivity contribution in [3.63, 3.8) is 0 Å². The lowest BCUT2D eigenvalue weighted by Gasteiger charge is -2.03. The fourth-order valence-corrected chi connectivity index (χ4v) is 2.00. The number of para-hydroxylation sites is 1. The van der Waals surface area contributed by atoms with Gasteiger partial charge >= 0.3 is 0 Å². The van der Waals surface area contributed by atoms with Crippen molar-refractivity contribution in [3.8, 4) is 17.1 Å². The topological polar surface area (TPSA) is 98.0 Å². The van der Waals surface area contributed by atoms with Gasteiger partial charge in [-0.15, -0.1) is 0 Å². The van der Waals surface area contributed by atoms with E-state index in [0.29, 0.717) is 17.1 Å². The van der Waals surface area contributed by atoms with E-state index in [0.717, 1.165) is 0 Å². The lowest BCUT2D eigenvalue weighted by Crippen LogP contribution is -2.22. The number of ether oxygens (including phenoxy) is 1. The first-order valence-corrected chi connectivity index (χ1v) is 6.63. The molecule has 2 N–H and O–H groups in total. The van der Waals surface area contributed by atoms with Crippen LogP contribution in [0.2, 0.25) is 0 Å². The van der Waals surface area contributed by atoms with Crippen molar-refractivity contribution in [2.45, 2.75) is 0 Å². The van der Waals surface area contributed by atoms with E-state index in [1.54, 1.807) is 13.2 Å². The van der Waals surface area contributed by atoms with Crippen molar-refractivity contribution >= 4 is 18.1 Å². The highest BCUT2D eigenvalue weighted by molar-refractivity contribution is 7.71. The lowest BCUT2D eigenvalue weighted by molar-refractivity contribution is 0.0999. The molecule has 2 heterocycles. The van der Waals surface area contributed by atoms with Crippen LogP contribution < -0.4 is 10.2 Å². The lowest BCUT2D eigenvalue weighted by atomic mass is 10.1. The van der Waals surface area contributed by atoms with Gasteiger partial charge in [-0.2, -0.15) is 5.10 Å². The number of carbonyl (C=O) groups excluding carboxylic acids is 1. The first-order valence-electron chi connectivity index (χ1n) is 6.22. The van der Waals surface area contributed by atoms with Crippen LogP contribution >= 0.6 is 12.2 Å². The molecule has 0 fully saturated rings. The van der Waals surface area contributed by atoms with Crippen LogP contribution in [0.3, 0.4) is 0 Å². The number of carbonyl (C=O) groups is 1. The second-order valence-electron chi connectivity index (χ2n) is 4.25. The van der Waals surface area contributed by atoms with E-state index in [-0.39, 0.29) is 10.5 Å². The molecule has 1 aromatic carbocycles. The molecule has 9 heteroatoms. The molecule has 0 spiro atoms. The number of nitrogens with zero attached hydrogens (tertiary/aromatic N) is 3. The average molecular weight is 317 g/mol. The second kappa shape index (κ2) is 5.82. The molecule has 3 aromatic rings. The Hall–Kier alpha value is -2.94. The molecule has 1 amide bonds. The third kappa shape index (κ3) is 2.61. The minimum atomic E-state index is -0.470. The summed E-state index contributed by atoms with van der Waals surface area (Å²) in [6.07, 6.45) is 1.35. The maximum Gasteiger partial charge on any atom is 0.292 e. The Kier molecular flexibility index (Phi) is 3.71. The van der Waals surface area contributed by atoms with Crippen LogP contribution in [-0.2, 0) is 0 Å². The van der Waals surface area contributed by atoms with Gasteiger partial charge in [0.25, 0.3) is 5.91 Å². The smallest absolute Gasteiger partial charge is 0.292 e. The number of aromatic amines is 1. The van der Waals surface area contributed by atoms with E-state index in [1.165, 1.54) is 17.1 Å². The zero-order valence-corrected chi connectivity index (χ0v) is 12.3. The number of hydrogen-bond acceptors (Lipinski definition) is 6. The molecule has 112 valence electrons. The van der Waals surface area contributed by atoms with E-state index in [9.17, 15) is 4.79 Å². The Morgan fingerprint density at radius 2 is 2.27 bits per heavy atom. The van der Waals surface area contributed by atoms with Gasteiger partial charge in [-0.25, -0.2) is 4.68 Å². The average Bonchev–Trinajstić information content (AvgIpc) is 3.17. The summed E-state index contributed by atoms with van der Waals surface area (Å²) in [7, 11) is 1.56. The molecule has 0 saturated carbocycles. The Balaban J connectivity index is 1.86. The minimum Gasteiger partial charge on any atom is -0.496 e. The van der Waals surface area contributed by atoms with Gasteiger partial charge < -0.3 is 9.26 Å². The number of amides is 1. The number of rotatable bonds is 4. The monoisotopic (exact) mass is 317 g/mol. The van der Waals surface area contributed by atoms with Gasteiger partial charge in [0.2, 0.25) is 4.77 Å². The van der Waals surface area contributed by atoms with Gasteiger partial charge in [-0.1, -0.05) is 17.3 Å². The molecule has 0 unspecified atom stereocenters. The molecule has 0 saturated heterocycles. The Morgan fingerprint density at radius 3 is 3.00 bits per heavy atom. The van der Waals surface area contributed by atoms with Crippen molar-refractivity contribution in [2.24, 2.45) is 0 Å². The summed E-state index contributed by atoms with van der Waals surface area (Å²) in [4.78, 5) is 12.1. The Bertz CT molecular complexity index is 866. The zero-order valence-electron chi connectivity index (χ0n) is 11.4. The minimum absolute atomic E-state index is 0.115. The zero-order chi connectivity index (χ0) is 15.5. The van der Waals surface area contributed by atoms with Gasteiger partial charge in [0.15, 0.2) is 11.5 Å². The quantitative estimate of drug-likeness (QED) is 0.714. The predicted octanol–water partition coefficient (Wildman–Crippen LogP) is 1.99. The van der Waals surface area contributed by atoms with Gasteiger partial charge in [0, 0.05) is 6.07 Å². The molecule has 0 radical (unpaired) electrons. The molecule has 0 aliphatic heterocycles. The molecule has 3 rings (SSSR count). The molecular formula is C13H11N5O3S. The summed E-state index contributed by atoms with van der Waals surface area (Å²) in [6.45, 7) is 0. The molecule has 0 aliphatic rings. The van der Waals surface area contributed by atoms with Crippen LogP contribution in [0.1, 0.15) is 10.5 Å². The highest BCUT2D eigenvalue weighted by Gasteiger charge is 2.16. The van der Waals surface area contributed by atoms with Crippen LogP contribution in [0.5, 0.6) is 5.75 Å². The van der Waals surface area contributed by atoms with Crippen molar-refractivity contribution in [2.75, 3.05) is 12.5 Å². The van der Waals surface area contributed by atoms with Crippen LogP contribution in [0.4, 0.5) is 0 Å². The summed E-state index contributed by atoms with van der Waals surface area (Å²) >= 11 is 4.94. The molecule has 22 heavy (non-hydrogen) atoms. The maximum absolute atomic E-state index is 12.1. The number of H-pyrrole nitrogens is 1. The van der Waals surface area contributed by atoms with Gasteiger partial charge in [0.05, 0.1) is 12.7 Å². The molecule has 2 aromatic heterocycles. The SMILES string of the molecule is COc1ccccc1-c1cc(C(=O)Nn2cn[nH]c2=S)no1. The third-order valence-corrected chi connectivity index (χ3v) is 3.18. The Morgan fingerprint density at radius 1 is 1.45 bits per heavy atom.